The standard InChI is InChI=1S/C32H35N5O4/c1-20-15-25-9-10-26(20)32(40)36-13-11-22-7-8-23(16-24(22)19-36)27(17-29(38)39)28-18-33-31-30(21(28)2)34-35-37(31)12-5-3-4-6-14-41-25/h7-10,15-16,18,27H,3-6,11-14,17,19H2,1-2H3,(H,38,39). The van der Waals surface area contributed by atoms with Gasteiger partial charge in [0.15, 0.2) is 5.65 Å². The maximum absolute atomic E-state index is 13.6. The summed E-state index contributed by atoms with van der Waals surface area (Å²) in [6.45, 7) is 6.39. The molecule has 9 rings (SSSR count). The van der Waals surface area contributed by atoms with E-state index in [1.165, 1.54) is 5.56 Å². The lowest BCUT2D eigenvalue weighted by molar-refractivity contribution is -0.137. The summed E-state index contributed by atoms with van der Waals surface area (Å²) in [5.41, 5.74) is 7.88. The third kappa shape index (κ3) is 5.40. The van der Waals surface area contributed by atoms with Gasteiger partial charge < -0.3 is 14.7 Å². The first kappa shape index (κ1) is 26.9. The molecular formula is C32H35N5O4. The number of aromatic nitrogens is 4. The highest BCUT2D eigenvalue weighted by atomic mass is 16.5. The van der Waals surface area contributed by atoms with Crippen molar-refractivity contribution in [2.45, 2.75) is 71.4 Å². The van der Waals surface area contributed by atoms with Crippen molar-refractivity contribution in [2.24, 2.45) is 0 Å². The topological polar surface area (TPSA) is 110 Å². The van der Waals surface area contributed by atoms with E-state index in [0.717, 1.165) is 77.9 Å². The molecule has 0 fully saturated rings. The van der Waals surface area contributed by atoms with Gasteiger partial charge in [0.25, 0.3) is 5.91 Å². The molecule has 7 heterocycles. The zero-order valence-electron chi connectivity index (χ0n) is 23.6. The maximum Gasteiger partial charge on any atom is 0.304 e. The van der Waals surface area contributed by atoms with Crippen LogP contribution < -0.4 is 4.74 Å². The minimum Gasteiger partial charge on any atom is -0.494 e. The van der Waals surface area contributed by atoms with Crippen molar-refractivity contribution < 1.29 is 19.4 Å². The van der Waals surface area contributed by atoms with E-state index in [2.05, 4.69) is 22.4 Å². The summed E-state index contributed by atoms with van der Waals surface area (Å²) >= 11 is 0. The third-order valence-corrected chi connectivity index (χ3v) is 8.47. The Morgan fingerprint density at radius 3 is 2.73 bits per heavy atom. The molecule has 1 amide bonds. The van der Waals surface area contributed by atoms with Gasteiger partial charge in [-0.1, -0.05) is 29.8 Å². The third-order valence-electron chi connectivity index (χ3n) is 8.47. The minimum atomic E-state index is -0.882. The molecule has 9 bridgehead atoms. The molecule has 0 radical (unpaired) electrons. The number of carboxylic acid groups (broad SMARTS) is 1. The second-order valence-electron chi connectivity index (χ2n) is 11.2. The summed E-state index contributed by atoms with van der Waals surface area (Å²) in [6.07, 6.45) is 6.42. The Morgan fingerprint density at radius 1 is 1.05 bits per heavy atom. The molecule has 2 aromatic heterocycles. The van der Waals surface area contributed by atoms with E-state index in [4.69, 9.17) is 9.72 Å². The highest BCUT2D eigenvalue weighted by Gasteiger charge is 2.27. The molecule has 2 aromatic carbocycles. The van der Waals surface area contributed by atoms with Crippen molar-refractivity contribution in [2.75, 3.05) is 13.2 Å². The second kappa shape index (κ2) is 11.3. The molecule has 212 valence electrons. The van der Waals surface area contributed by atoms with E-state index in [0.29, 0.717) is 30.8 Å². The molecule has 9 heteroatoms. The van der Waals surface area contributed by atoms with Gasteiger partial charge in [0.2, 0.25) is 0 Å². The molecular weight excluding hydrogens is 518 g/mol. The van der Waals surface area contributed by atoms with Gasteiger partial charge >= 0.3 is 5.97 Å². The maximum atomic E-state index is 13.6. The normalized spacial score (nSPS) is 17.9. The Balaban J connectivity index is 1.40. The van der Waals surface area contributed by atoms with Crippen LogP contribution in [0.15, 0.2) is 42.6 Å². The number of hydrogen-bond donors (Lipinski definition) is 1. The SMILES string of the molecule is Cc1cc2ccc1C(=O)N1CCc3ccc(cc3C1)C(CC(=O)O)c1cnc3c(nnn3CCCCCCO2)c1C. The van der Waals surface area contributed by atoms with Crippen LogP contribution in [0.2, 0.25) is 0 Å². The summed E-state index contributed by atoms with van der Waals surface area (Å²) in [5.74, 6) is -0.500. The molecule has 1 atom stereocenters. The van der Waals surface area contributed by atoms with Crippen molar-refractivity contribution in [3.63, 3.8) is 0 Å². The zero-order chi connectivity index (χ0) is 28.5. The van der Waals surface area contributed by atoms with Gasteiger partial charge in [-0.05, 0) is 91.1 Å². The molecule has 0 spiro atoms. The number of nitrogens with zero attached hydrogens (tertiary/aromatic N) is 5. The van der Waals surface area contributed by atoms with Gasteiger partial charge in [-0.25, -0.2) is 9.67 Å². The molecule has 1 unspecified atom stereocenters. The lowest BCUT2D eigenvalue weighted by atomic mass is 9.84. The predicted molar refractivity (Wildman–Crippen MR) is 154 cm³/mol. The highest BCUT2D eigenvalue weighted by molar-refractivity contribution is 5.96. The number of aryl methyl sites for hydroxylation is 3. The van der Waals surface area contributed by atoms with Crippen LogP contribution in [0.4, 0.5) is 0 Å². The first-order valence-corrected chi connectivity index (χ1v) is 14.4. The first-order chi connectivity index (χ1) is 19.9. The number of carbonyl (C=O) groups excluding carboxylic acids is 1. The van der Waals surface area contributed by atoms with Gasteiger partial charge in [0.05, 0.1) is 13.0 Å². The fourth-order valence-electron chi connectivity index (χ4n) is 6.14. The van der Waals surface area contributed by atoms with Gasteiger partial charge in [0.1, 0.15) is 11.3 Å². The van der Waals surface area contributed by atoms with Crippen molar-refractivity contribution in [1.82, 2.24) is 24.9 Å². The molecule has 0 saturated heterocycles. The molecule has 5 aliphatic heterocycles. The van der Waals surface area contributed by atoms with Crippen LogP contribution in [0.1, 0.15) is 81.8 Å². The van der Waals surface area contributed by atoms with Crippen LogP contribution in [-0.2, 0) is 24.3 Å². The molecule has 4 aromatic rings. The summed E-state index contributed by atoms with van der Waals surface area (Å²) < 4.78 is 7.84. The molecule has 0 saturated carbocycles. The monoisotopic (exact) mass is 553 g/mol. The van der Waals surface area contributed by atoms with Crippen molar-refractivity contribution in [3.05, 3.63) is 81.5 Å². The van der Waals surface area contributed by atoms with Gasteiger partial charge in [-0.2, -0.15) is 0 Å². The predicted octanol–water partition coefficient (Wildman–Crippen LogP) is 5.20. The van der Waals surface area contributed by atoms with Crippen molar-refractivity contribution in [1.29, 1.82) is 0 Å². The highest BCUT2D eigenvalue weighted by Crippen LogP contribution is 2.35. The van der Waals surface area contributed by atoms with Gasteiger partial charge in [-0.15, -0.1) is 5.10 Å². The van der Waals surface area contributed by atoms with E-state index in [-0.39, 0.29) is 12.3 Å². The quantitative estimate of drug-likeness (QED) is 0.363. The Morgan fingerprint density at radius 2 is 1.90 bits per heavy atom. The van der Waals surface area contributed by atoms with Gasteiger partial charge in [0, 0.05) is 37.3 Å². The lowest BCUT2D eigenvalue weighted by Gasteiger charge is -2.30. The van der Waals surface area contributed by atoms with Gasteiger partial charge in [-0.3, -0.25) is 9.59 Å². The molecule has 41 heavy (non-hydrogen) atoms. The fourth-order valence-corrected chi connectivity index (χ4v) is 6.14. The van der Waals surface area contributed by atoms with Crippen LogP contribution in [0.25, 0.3) is 11.2 Å². The van der Waals surface area contributed by atoms with E-state index >= 15 is 0 Å². The number of amides is 1. The number of hydrogen-bond acceptors (Lipinski definition) is 6. The zero-order valence-corrected chi connectivity index (χ0v) is 23.6. The van der Waals surface area contributed by atoms with E-state index < -0.39 is 11.9 Å². The van der Waals surface area contributed by atoms with Crippen LogP contribution in [0, 0.1) is 13.8 Å². The average molecular weight is 554 g/mol. The number of aliphatic carboxylic acids is 1. The Kier molecular flexibility index (Phi) is 7.43. The van der Waals surface area contributed by atoms with E-state index in [1.807, 2.05) is 47.7 Å². The first-order valence-electron chi connectivity index (χ1n) is 14.4. The Bertz CT molecular complexity index is 1630. The number of benzene rings is 2. The molecule has 5 aliphatic rings. The lowest BCUT2D eigenvalue weighted by Crippen LogP contribution is -2.36. The smallest absolute Gasteiger partial charge is 0.304 e. The van der Waals surface area contributed by atoms with Crippen LogP contribution in [-0.4, -0.2) is 55.0 Å². The number of rotatable bonds is 2. The van der Waals surface area contributed by atoms with Crippen molar-refractivity contribution in [3.8, 4) is 5.75 Å². The second-order valence-corrected chi connectivity index (χ2v) is 11.2. The van der Waals surface area contributed by atoms with Crippen molar-refractivity contribution >= 4 is 23.0 Å². The largest absolute Gasteiger partial charge is 0.494 e. The molecule has 1 N–H and O–H groups in total. The molecule has 0 aliphatic carbocycles. The number of ether oxygens (including phenoxy) is 1. The minimum absolute atomic E-state index is 0.000775. The number of carboxylic acids is 1. The summed E-state index contributed by atoms with van der Waals surface area (Å²) in [5, 5.41) is 18.7. The van der Waals surface area contributed by atoms with E-state index in [1.54, 1.807) is 6.20 Å². The summed E-state index contributed by atoms with van der Waals surface area (Å²) in [4.78, 5) is 32.2. The van der Waals surface area contributed by atoms with E-state index in [9.17, 15) is 14.7 Å². The number of pyridine rings is 1. The summed E-state index contributed by atoms with van der Waals surface area (Å²) in [6, 6.07) is 11.9. The Labute approximate surface area is 239 Å². The average Bonchev–Trinajstić information content (AvgIpc) is 3.38. The van der Waals surface area contributed by atoms with Crippen LogP contribution in [0.3, 0.4) is 0 Å². The molecule has 9 nitrogen and oxygen atoms in total. The van der Waals surface area contributed by atoms with Crippen LogP contribution >= 0.6 is 0 Å². The number of carbonyl (C=O) groups is 2. The fraction of sp³-hybridized carbons (Fsp3) is 0.406. The Hall–Kier alpha value is -4.27. The summed E-state index contributed by atoms with van der Waals surface area (Å²) in [7, 11) is 0. The van der Waals surface area contributed by atoms with Crippen LogP contribution in [0.5, 0.6) is 5.75 Å².